The maximum absolute atomic E-state index is 12.6. The van der Waals surface area contributed by atoms with Crippen molar-refractivity contribution in [2.45, 2.75) is 6.18 Å². The van der Waals surface area contributed by atoms with E-state index in [1.807, 2.05) is 0 Å². The third kappa shape index (κ3) is 2.43. The van der Waals surface area contributed by atoms with Crippen molar-refractivity contribution in [1.82, 2.24) is 9.55 Å². The fraction of sp³-hybridized carbons (Fsp3) is 0.0667. The molecular formula is C15H9F3N2OS. The van der Waals surface area contributed by atoms with Crippen LogP contribution in [0, 0.1) is 4.77 Å². The van der Waals surface area contributed by atoms with Crippen LogP contribution in [0.1, 0.15) is 5.56 Å². The summed E-state index contributed by atoms with van der Waals surface area (Å²) >= 11 is 5.14. The molecule has 0 aliphatic carbocycles. The number of para-hydroxylation sites is 1. The van der Waals surface area contributed by atoms with E-state index in [0.717, 1.165) is 12.1 Å². The van der Waals surface area contributed by atoms with Gasteiger partial charge >= 0.3 is 6.18 Å². The molecule has 3 rings (SSSR count). The Morgan fingerprint density at radius 2 is 1.64 bits per heavy atom. The fourth-order valence-electron chi connectivity index (χ4n) is 2.20. The third-order valence-corrected chi connectivity index (χ3v) is 3.54. The minimum atomic E-state index is -4.42. The molecule has 2 aromatic carbocycles. The molecule has 7 heteroatoms. The number of H-pyrrole nitrogens is 1. The summed E-state index contributed by atoms with van der Waals surface area (Å²) in [6, 6.07) is 11.1. The van der Waals surface area contributed by atoms with Crippen molar-refractivity contribution in [2.24, 2.45) is 0 Å². The maximum atomic E-state index is 12.6. The van der Waals surface area contributed by atoms with E-state index < -0.39 is 11.7 Å². The zero-order chi connectivity index (χ0) is 15.9. The van der Waals surface area contributed by atoms with Crippen molar-refractivity contribution in [1.29, 1.82) is 0 Å². The highest BCUT2D eigenvalue weighted by Gasteiger charge is 2.30. The molecule has 0 saturated heterocycles. The Balaban J connectivity index is 2.23. The lowest BCUT2D eigenvalue weighted by Gasteiger charge is -2.10. The molecule has 0 aliphatic heterocycles. The van der Waals surface area contributed by atoms with Crippen molar-refractivity contribution >= 4 is 23.1 Å². The number of aromatic nitrogens is 2. The second-order valence-electron chi connectivity index (χ2n) is 4.66. The van der Waals surface area contributed by atoms with Crippen LogP contribution in [0.5, 0.6) is 0 Å². The molecule has 3 nitrogen and oxygen atoms in total. The Kier molecular flexibility index (Phi) is 3.37. The number of rotatable bonds is 1. The lowest BCUT2D eigenvalue weighted by atomic mass is 10.2. The van der Waals surface area contributed by atoms with Crippen molar-refractivity contribution in [3.05, 3.63) is 69.2 Å². The highest BCUT2D eigenvalue weighted by Crippen LogP contribution is 2.29. The Morgan fingerprint density at radius 1 is 1.00 bits per heavy atom. The number of halogens is 3. The van der Waals surface area contributed by atoms with Gasteiger partial charge in [0.05, 0.1) is 22.2 Å². The molecule has 0 bridgehead atoms. The third-order valence-electron chi connectivity index (χ3n) is 3.26. The van der Waals surface area contributed by atoms with Crippen molar-refractivity contribution in [3.63, 3.8) is 0 Å². The molecule has 0 spiro atoms. The molecule has 0 aliphatic rings. The van der Waals surface area contributed by atoms with Crippen LogP contribution in [-0.4, -0.2) is 9.55 Å². The summed E-state index contributed by atoms with van der Waals surface area (Å²) in [6.45, 7) is 0. The zero-order valence-corrected chi connectivity index (χ0v) is 11.8. The first-order valence-corrected chi connectivity index (χ1v) is 6.70. The molecule has 0 amide bonds. The van der Waals surface area contributed by atoms with Crippen LogP contribution in [0.4, 0.5) is 13.2 Å². The van der Waals surface area contributed by atoms with E-state index >= 15 is 0 Å². The number of nitrogens with zero attached hydrogens (tertiary/aromatic N) is 1. The first kappa shape index (κ1) is 14.5. The SMILES string of the molecule is O=c1c2ccccc2[nH]c(=S)n1-c1ccc(C(F)(F)F)cc1. The molecule has 1 aromatic heterocycles. The van der Waals surface area contributed by atoms with Crippen LogP contribution in [-0.2, 0) is 6.18 Å². The van der Waals surface area contributed by atoms with Gasteiger partial charge in [-0.2, -0.15) is 13.2 Å². The van der Waals surface area contributed by atoms with Crippen molar-refractivity contribution < 1.29 is 13.2 Å². The zero-order valence-electron chi connectivity index (χ0n) is 11.0. The van der Waals surface area contributed by atoms with Crippen LogP contribution in [0.3, 0.4) is 0 Å². The molecule has 22 heavy (non-hydrogen) atoms. The van der Waals surface area contributed by atoms with Crippen LogP contribution in [0.2, 0.25) is 0 Å². The van der Waals surface area contributed by atoms with Crippen LogP contribution in [0.15, 0.2) is 53.3 Å². The van der Waals surface area contributed by atoms with E-state index in [-0.39, 0.29) is 16.0 Å². The van der Waals surface area contributed by atoms with Gasteiger partial charge in [-0.1, -0.05) is 12.1 Å². The minimum Gasteiger partial charge on any atom is -0.331 e. The molecule has 0 fully saturated rings. The van der Waals surface area contributed by atoms with Gasteiger partial charge in [0.2, 0.25) is 0 Å². The van der Waals surface area contributed by atoms with Crippen LogP contribution < -0.4 is 5.56 Å². The summed E-state index contributed by atoms with van der Waals surface area (Å²) in [5, 5.41) is 0.413. The van der Waals surface area contributed by atoms with Crippen LogP contribution >= 0.6 is 12.2 Å². The Bertz CT molecular complexity index is 955. The summed E-state index contributed by atoms with van der Waals surface area (Å²) in [6.07, 6.45) is -4.42. The lowest BCUT2D eigenvalue weighted by molar-refractivity contribution is -0.137. The molecule has 0 saturated carbocycles. The number of nitrogens with one attached hydrogen (secondary N) is 1. The first-order valence-electron chi connectivity index (χ1n) is 6.29. The maximum Gasteiger partial charge on any atom is 0.416 e. The minimum absolute atomic E-state index is 0.128. The van der Waals surface area contributed by atoms with Gasteiger partial charge < -0.3 is 4.98 Å². The molecule has 0 atom stereocenters. The van der Waals surface area contributed by atoms with E-state index in [2.05, 4.69) is 4.98 Å². The van der Waals surface area contributed by atoms with Crippen molar-refractivity contribution in [2.75, 3.05) is 0 Å². The largest absolute Gasteiger partial charge is 0.416 e. The van der Waals surface area contributed by atoms with Gasteiger partial charge in [-0.15, -0.1) is 0 Å². The van der Waals surface area contributed by atoms with E-state index in [4.69, 9.17) is 12.2 Å². The van der Waals surface area contributed by atoms with E-state index in [1.54, 1.807) is 24.3 Å². The van der Waals surface area contributed by atoms with Gasteiger partial charge in [-0.25, -0.2) is 0 Å². The molecular weight excluding hydrogens is 313 g/mol. The standard InChI is InChI=1S/C15H9F3N2OS/c16-15(17,18)9-5-7-10(8-6-9)20-13(21)11-3-1-2-4-12(11)19-14(20)22/h1-8H,(H,19,22). The van der Waals surface area contributed by atoms with E-state index in [1.165, 1.54) is 16.7 Å². The van der Waals surface area contributed by atoms with E-state index in [9.17, 15) is 18.0 Å². The highest BCUT2D eigenvalue weighted by atomic mass is 32.1. The van der Waals surface area contributed by atoms with E-state index in [0.29, 0.717) is 10.9 Å². The molecule has 1 N–H and O–H groups in total. The molecule has 0 unspecified atom stereocenters. The van der Waals surface area contributed by atoms with Gasteiger partial charge in [0.1, 0.15) is 0 Å². The summed E-state index contributed by atoms with van der Waals surface area (Å²) in [5.41, 5.74) is -0.287. The van der Waals surface area contributed by atoms with Crippen molar-refractivity contribution in [3.8, 4) is 5.69 Å². The monoisotopic (exact) mass is 322 g/mol. The normalized spacial score (nSPS) is 11.8. The van der Waals surface area contributed by atoms with Gasteiger partial charge in [0, 0.05) is 0 Å². The summed E-state index contributed by atoms with van der Waals surface area (Å²) in [7, 11) is 0. The molecule has 3 aromatic rings. The highest BCUT2D eigenvalue weighted by molar-refractivity contribution is 7.71. The molecule has 1 heterocycles. The summed E-state index contributed by atoms with van der Waals surface area (Å²) in [4.78, 5) is 15.4. The molecule has 112 valence electrons. The Labute approximate surface area is 127 Å². The number of alkyl halides is 3. The van der Waals surface area contributed by atoms with Gasteiger partial charge in [-0.3, -0.25) is 9.36 Å². The number of benzene rings is 2. The molecule has 0 radical (unpaired) electrons. The predicted octanol–water partition coefficient (Wildman–Crippen LogP) is 4.07. The van der Waals surface area contributed by atoms with Gasteiger partial charge in [0.15, 0.2) is 4.77 Å². The Morgan fingerprint density at radius 3 is 2.27 bits per heavy atom. The number of aromatic amines is 1. The predicted molar refractivity (Wildman–Crippen MR) is 79.7 cm³/mol. The smallest absolute Gasteiger partial charge is 0.331 e. The first-order chi connectivity index (χ1) is 10.4. The topological polar surface area (TPSA) is 37.8 Å². The number of hydrogen-bond acceptors (Lipinski definition) is 2. The van der Waals surface area contributed by atoms with Gasteiger partial charge in [-0.05, 0) is 48.6 Å². The fourth-order valence-corrected chi connectivity index (χ4v) is 2.49. The van der Waals surface area contributed by atoms with Gasteiger partial charge in [0.25, 0.3) is 5.56 Å². The lowest BCUT2D eigenvalue weighted by Crippen LogP contribution is -2.20. The summed E-state index contributed by atoms with van der Waals surface area (Å²) < 4.78 is 39.1. The second kappa shape index (κ2) is 5.10. The van der Waals surface area contributed by atoms with Crippen LogP contribution in [0.25, 0.3) is 16.6 Å². The average Bonchev–Trinajstić information content (AvgIpc) is 2.47. The quantitative estimate of drug-likeness (QED) is 0.686. The number of hydrogen-bond donors (Lipinski definition) is 1. The average molecular weight is 322 g/mol. The number of fused-ring (bicyclic) bond motifs is 1. The second-order valence-corrected chi connectivity index (χ2v) is 5.05. The summed E-state index contributed by atoms with van der Waals surface area (Å²) in [5.74, 6) is 0. The Hall–Kier alpha value is -2.41.